The van der Waals surface area contributed by atoms with Crippen molar-refractivity contribution in [2.45, 2.75) is 6.54 Å². The molecule has 0 radical (unpaired) electrons. The van der Waals surface area contributed by atoms with Gasteiger partial charge in [-0.05, 0) is 30.3 Å². The van der Waals surface area contributed by atoms with Crippen LogP contribution < -0.4 is 10.6 Å². The number of nitrogens with zero attached hydrogens (tertiary/aromatic N) is 1. The molecule has 98 valence electrons. The van der Waals surface area contributed by atoms with Crippen LogP contribution in [0.1, 0.15) is 16.1 Å². The number of nitrogens with one attached hydrogen (secondary N) is 2. The zero-order chi connectivity index (χ0) is 13.7. The van der Waals surface area contributed by atoms with E-state index in [0.29, 0.717) is 17.1 Å². The standard InChI is InChI=1S/C14H14ClN3O/c1-16-14(19)12-8-10(5-6-13(12)15)18-9-11-4-2-3-7-17-11/h2-8,18H,9H2,1H3,(H,16,19). The van der Waals surface area contributed by atoms with Gasteiger partial charge in [-0.1, -0.05) is 17.7 Å². The van der Waals surface area contributed by atoms with Crippen molar-refractivity contribution in [3.63, 3.8) is 0 Å². The van der Waals surface area contributed by atoms with E-state index in [2.05, 4.69) is 15.6 Å². The lowest BCUT2D eigenvalue weighted by Gasteiger charge is -2.09. The lowest BCUT2D eigenvalue weighted by atomic mass is 10.2. The molecule has 0 spiro atoms. The van der Waals surface area contributed by atoms with Crippen LogP contribution in [0.3, 0.4) is 0 Å². The van der Waals surface area contributed by atoms with Gasteiger partial charge in [0.2, 0.25) is 0 Å². The Morgan fingerprint density at radius 3 is 2.84 bits per heavy atom. The van der Waals surface area contributed by atoms with Crippen molar-refractivity contribution in [2.24, 2.45) is 0 Å². The lowest BCUT2D eigenvalue weighted by molar-refractivity contribution is 0.0963. The number of hydrogen-bond acceptors (Lipinski definition) is 3. The molecule has 19 heavy (non-hydrogen) atoms. The van der Waals surface area contributed by atoms with Gasteiger partial charge in [-0.25, -0.2) is 0 Å². The van der Waals surface area contributed by atoms with Crippen LogP contribution in [0.4, 0.5) is 5.69 Å². The van der Waals surface area contributed by atoms with Gasteiger partial charge in [0.15, 0.2) is 0 Å². The molecule has 0 aliphatic carbocycles. The van der Waals surface area contributed by atoms with Crippen LogP contribution in [0.15, 0.2) is 42.6 Å². The number of anilines is 1. The highest BCUT2D eigenvalue weighted by Gasteiger charge is 2.09. The van der Waals surface area contributed by atoms with Crippen molar-refractivity contribution in [1.29, 1.82) is 0 Å². The maximum absolute atomic E-state index is 11.6. The Kier molecular flexibility index (Phi) is 4.36. The highest BCUT2D eigenvalue weighted by Crippen LogP contribution is 2.20. The van der Waals surface area contributed by atoms with Gasteiger partial charge in [0.1, 0.15) is 0 Å². The van der Waals surface area contributed by atoms with E-state index in [1.807, 2.05) is 24.3 Å². The van der Waals surface area contributed by atoms with E-state index >= 15 is 0 Å². The number of halogens is 1. The molecule has 2 rings (SSSR count). The zero-order valence-corrected chi connectivity index (χ0v) is 11.2. The fourth-order valence-electron chi connectivity index (χ4n) is 1.64. The Hall–Kier alpha value is -2.07. The average molecular weight is 276 g/mol. The number of amides is 1. The van der Waals surface area contributed by atoms with E-state index in [1.165, 1.54) is 0 Å². The zero-order valence-electron chi connectivity index (χ0n) is 10.5. The maximum Gasteiger partial charge on any atom is 0.252 e. The predicted molar refractivity (Wildman–Crippen MR) is 76.4 cm³/mol. The summed E-state index contributed by atoms with van der Waals surface area (Å²) in [5.74, 6) is -0.202. The summed E-state index contributed by atoms with van der Waals surface area (Å²) in [6, 6.07) is 11.0. The number of aromatic nitrogens is 1. The summed E-state index contributed by atoms with van der Waals surface area (Å²) in [6.45, 7) is 0.593. The molecule has 1 aromatic heterocycles. The van der Waals surface area contributed by atoms with E-state index in [1.54, 1.807) is 25.4 Å². The van der Waals surface area contributed by atoms with Gasteiger partial charge >= 0.3 is 0 Å². The summed E-state index contributed by atoms with van der Waals surface area (Å²) < 4.78 is 0. The van der Waals surface area contributed by atoms with Gasteiger partial charge in [0.05, 0.1) is 22.8 Å². The SMILES string of the molecule is CNC(=O)c1cc(NCc2ccccn2)ccc1Cl. The third kappa shape index (κ3) is 3.45. The summed E-state index contributed by atoms with van der Waals surface area (Å²) >= 11 is 5.99. The van der Waals surface area contributed by atoms with Crippen molar-refractivity contribution >= 4 is 23.2 Å². The molecule has 5 heteroatoms. The molecular formula is C14H14ClN3O. The van der Waals surface area contributed by atoms with Crippen LogP contribution in [-0.2, 0) is 6.54 Å². The van der Waals surface area contributed by atoms with Crippen molar-refractivity contribution in [1.82, 2.24) is 10.3 Å². The second kappa shape index (κ2) is 6.20. The molecule has 0 fully saturated rings. The van der Waals surface area contributed by atoms with Crippen LogP contribution in [0.25, 0.3) is 0 Å². The van der Waals surface area contributed by atoms with Crippen LogP contribution in [-0.4, -0.2) is 17.9 Å². The monoisotopic (exact) mass is 275 g/mol. The van der Waals surface area contributed by atoms with Gasteiger partial charge in [-0.15, -0.1) is 0 Å². The smallest absolute Gasteiger partial charge is 0.252 e. The molecule has 0 aliphatic rings. The summed E-state index contributed by atoms with van der Waals surface area (Å²) in [5.41, 5.74) is 2.21. The third-order valence-corrected chi connectivity index (χ3v) is 2.97. The van der Waals surface area contributed by atoms with E-state index in [-0.39, 0.29) is 5.91 Å². The second-order valence-electron chi connectivity index (χ2n) is 3.95. The van der Waals surface area contributed by atoms with Gasteiger partial charge in [0, 0.05) is 18.9 Å². The Labute approximate surface area is 116 Å². The molecule has 1 heterocycles. The highest BCUT2D eigenvalue weighted by atomic mass is 35.5. The van der Waals surface area contributed by atoms with E-state index in [4.69, 9.17) is 11.6 Å². The third-order valence-electron chi connectivity index (χ3n) is 2.64. The first-order valence-corrected chi connectivity index (χ1v) is 6.24. The number of carbonyl (C=O) groups excluding carboxylic acids is 1. The first kappa shape index (κ1) is 13.4. The molecule has 0 bridgehead atoms. The van der Waals surface area contributed by atoms with Crippen LogP contribution >= 0.6 is 11.6 Å². The van der Waals surface area contributed by atoms with Crippen LogP contribution in [0, 0.1) is 0 Å². The molecule has 0 aliphatic heterocycles. The molecule has 0 unspecified atom stereocenters. The summed E-state index contributed by atoms with van der Waals surface area (Å²) in [4.78, 5) is 15.8. The number of benzene rings is 1. The fraction of sp³-hybridized carbons (Fsp3) is 0.143. The summed E-state index contributed by atoms with van der Waals surface area (Å²) in [7, 11) is 1.58. The molecule has 2 aromatic rings. The predicted octanol–water partition coefficient (Wildman–Crippen LogP) is 2.71. The first-order valence-electron chi connectivity index (χ1n) is 5.86. The fourth-order valence-corrected chi connectivity index (χ4v) is 1.84. The maximum atomic E-state index is 11.6. The van der Waals surface area contributed by atoms with E-state index in [9.17, 15) is 4.79 Å². The van der Waals surface area contributed by atoms with Gasteiger partial charge in [-0.2, -0.15) is 0 Å². The molecule has 0 saturated heterocycles. The minimum Gasteiger partial charge on any atom is -0.379 e. The Morgan fingerprint density at radius 1 is 1.32 bits per heavy atom. The Balaban J connectivity index is 2.11. The first-order chi connectivity index (χ1) is 9.20. The Morgan fingerprint density at radius 2 is 2.16 bits per heavy atom. The summed E-state index contributed by atoms with van der Waals surface area (Å²) in [6.07, 6.45) is 1.74. The molecule has 1 amide bonds. The molecule has 1 aromatic carbocycles. The van der Waals surface area contributed by atoms with Gasteiger partial charge in [0.25, 0.3) is 5.91 Å². The minimum atomic E-state index is -0.202. The van der Waals surface area contributed by atoms with Crippen LogP contribution in [0.2, 0.25) is 5.02 Å². The molecular weight excluding hydrogens is 262 g/mol. The highest BCUT2D eigenvalue weighted by molar-refractivity contribution is 6.34. The van der Waals surface area contributed by atoms with Crippen molar-refractivity contribution in [3.8, 4) is 0 Å². The summed E-state index contributed by atoms with van der Waals surface area (Å²) in [5, 5.41) is 6.20. The van der Waals surface area contributed by atoms with Crippen LogP contribution in [0.5, 0.6) is 0 Å². The number of rotatable bonds is 4. The minimum absolute atomic E-state index is 0.202. The van der Waals surface area contributed by atoms with Crippen molar-refractivity contribution in [2.75, 3.05) is 12.4 Å². The normalized spacial score (nSPS) is 10.0. The molecule has 4 nitrogen and oxygen atoms in total. The lowest BCUT2D eigenvalue weighted by Crippen LogP contribution is -2.18. The molecule has 0 saturated carbocycles. The number of pyridine rings is 1. The van der Waals surface area contributed by atoms with E-state index < -0.39 is 0 Å². The van der Waals surface area contributed by atoms with Gasteiger partial charge in [-0.3, -0.25) is 9.78 Å². The second-order valence-corrected chi connectivity index (χ2v) is 4.36. The number of carbonyl (C=O) groups is 1. The van der Waals surface area contributed by atoms with E-state index in [0.717, 1.165) is 11.4 Å². The topological polar surface area (TPSA) is 54.0 Å². The number of hydrogen-bond donors (Lipinski definition) is 2. The molecule has 2 N–H and O–H groups in total. The Bertz CT molecular complexity index is 572. The molecule has 0 atom stereocenters. The van der Waals surface area contributed by atoms with Crippen molar-refractivity contribution < 1.29 is 4.79 Å². The quantitative estimate of drug-likeness (QED) is 0.902. The van der Waals surface area contributed by atoms with Crippen molar-refractivity contribution in [3.05, 3.63) is 58.9 Å². The van der Waals surface area contributed by atoms with Gasteiger partial charge < -0.3 is 10.6 Å². The largest absolute Gasteiger partial charge is 0.379 e. The average Bonchev–Trinajstić information content (AvgIpc) is 2.46.